The van der Waals surface area contributed by atoms with Gasteiger partial charge in [-0.05, 0) is 50.5 Å². The smallest absolute Gasteiger partial charge is 0.246 e. The van der Waals surface area contributed by atoms with E-state index in [1.165, 1.54) is 32.1 Å². The Morgan fingerprint density at radius 3 is 2.94 bits per heavy atom. The van der Waals surface area contributed by atoms with E-state index in [1.807, 2.05) is 35.0 Å². The molecule has 4 aliphatic rings. The van der Waals surface area contributed by atoms with Crippen molar-refractivity contribution >= 4 is 23.5 Å². The second-order valence-electron chi connectivity index (χ2n) is 10.2. The first-order valence-electron chi connectivity index (χ1n) is 13.0. The highest BCUT2D eigenvalue weighted by Crippen LogP contribution is 2.37. The van der Waals surface area contributed by atoms with E-state index in [-0.39, 0.29) is 24.1 Å². The van der Waals surface area contributed by atoms with Gasteiger partial charge in [-0.3, -0.25) is 20.2 Å². The van der Waals surface area contributed by atoms with Gasteiger partial charge in [0, 0.05) is 31.6 Å². The molecule has 2 saturated heterocycles. The van der Waals surface area contributed by atoms with Gasteiger partial charge in [-0.1, -0.05) is 31.9 Å². The zero-order valence-corrected chi connectivity index (χ0v) is 20.4. The molecule has 4 unspecified atom stereocenters. The quantitative estimate of drug-likeness (QED) is 0.643. The monoisotopic (exact) mass is 467 g/mol. The minimum atomic E-state index is -0.0673. The summed E-state index contributed by atoms with van der Waals surface area (Å²) in [6, 6.07) is 6.50. The molecule has 0 aromatic heterocycles. The number of ether oxygens (including phenoxy) is 1. The normalized spacial score (nSPS) is 26.5. The Labute approximate surface area is 202 Å². The highest BCUT2D eigenvalue weighted by molar-refractivity contribution is 6.06. The Morgan fingerprint density at radius 1 is 1.24 bits per heavy atom. The van der Waals surface area contributed by atoms with Crippen molar-refractivity contribution in [2.45, 2.75) is 89.6 Å². The fourth-order valence-electron chi connectivity index (χ4n) is 5.89. The van der Waals surface area contributed by atoms with Crippen molar-refractivity contribution in [2.24, 2.45) is 10.9 Å². The molecule has 34 heavy (non-hydrogen) atoms. The van der Waals surface area contributed by atoms with Gasteiger partial charge in [0.05, 0.1) is 12.3 Å². The zero-order chi connectivity index (χ0) is 23.7. The van der Waals surface area contributed by atoms with Gasteiger partial charge in [0.15, 0.2) is 0 Å². The Balaban J connectivity index is 1.18. The average Bonchev–Trinajstić information content (AvgIpc) is 3.23. The van der Waals surface area contributed by atoms with Crippen LogP contribution in [0.3, 0.4) is 0 Å². The Kier molecular flexibility index (Phi) is 6.77. The average molecular weight is 468 g/mol. The maximum atomic E-state index is 13.0. The van der Waals surface area contributed by atoms with E-state index in [2.05, 4.69) is 22.5 Å². The molecule has 0 radical (unpaired) electrons. The molecule has 0 bridgehead atoms. The highest BCUT2D eigenvalue weighted by Gasteiger charge is 2.34. The fraction of sp³-hybridized carbons (Fsp3) is 0.654. The van der Waals surface area contributed by atoms with Crippen molar-refractivity contribution in [1.82, 2.24) is 20.4 Å². The summed E-state index contributed by atoms with van der Waals surface area (Å²) in [5.41, 5.74) is 1.83. The molecule has 1 aromatic carbocycles. The predicted octanol–water partition coefficient (Wildman–Crippen LogP) is 3.28. The molecule has 3 aliphatic heterocycles. The SMILES string of the molecule is CCC(CCC(=O)N(C)C1CCC2CCCCC2N1)Oc1cccc2c1N=C1NC(=O)CN1C2. The number of nitrogens with one attached hydrogen (secondary N) is 2. The number of carbonyl (C=O) groups is 2. The number of carbonyl (C=O) groups excluding carboxylic acids is 2. The summed E-state index contributed by atoms with van der Waals surface area (Å²) in [5, 5.41) is 6.58. The molecule has 2 N–H and O–H groups in total. The molecule has 8 heteroatoms. The molecule has 1 aromatic rings. The number of guanidine groups is 1. The number of fused-ring (bicyclic) bond motifs is 3. The van der Waals surface area contributed by atoms with Crippen LogP contribution in [0.15, 0.2) is 23.2 Å². The summed E-state index contributed by atoms with van der Waals surface area (Å²) in [5.74, 6) is 2.24. The number of piperidine rings is 1. The molecule has 4 atom stereocenters. The van der Waals surface area contributed by atoms with E-state index >= 15 is 0 Å². The molecule has 0 spiro atoms. The van der Waals surface area contributed by atoms with Gasteiger partial charge in [-0.15, -0.1) is 0 Å². The Morgan fingerprint density at radius 2 is 2.09 bits per heavy atom. The standard InChI is InChI=1S/C26H37N5O3/c1-3-19(12-14-24(33)30(2)22-13-11-17-7-4-5-9-20(17)27-22)34-21-10-6-8-18-15-31-16-23(32)28-26(31)29-25(18)21/h6,8,10,17,19-20,22,27H,3-5,7,9,11-16H2,1-2H3,(H,28,29,32). The number of aliphatic imine (C=N–C) groups is 1. The first-order chi connectivity index (χ1) is 16.5. The lowest BCUT2D eigenvalue weighted by molar-refractivity contribution is -0.134. The van der Waals surface area contributed by atoms with Crippen LogP contribution in [0.5, 0.6) is 5.75 Å². The van der Waals surface area contributed by atoms with Crippen LogP contribution in [-0.2, 0) is 16.1 Å². The number of nitrogens with zero attached hydrogens (tertiary/aromatic N) is 3. The van der Waals surface area contributed by atoms with Gasteiger partial charge in [-0.2, -0.15) is 0 Å². The lowest BCUT2D eigenvalue weighted by Crippen LogP contribution is -2.56. The third-order valence-corrected chi connectivity index (χ3v) is 7.96. The van der Waals surface area contributed by atoms with E-state index in [1.54, 1.807) is 0 Å². The number of benzene rings is 1. The van der Waals surface area contributed by atoms with Crippen molar-refractivity contribution in [3.63, 3.8) is 0 Å². The van der Waals surface area contributed by atoms with Gasteiger partial charge in [-0.25, -0.2) is 4.99 Å². The van der Waals surface area contributed by atoms with Crippen LogP contribution in [-0.4, -0.2) is 59.5 Å². The second-order valence-corrected chi connectivity index (χ2v) is 10.2. The molecular weight excluding hydrogens is 430 g/mol. The van der Waals surface area contributed by atoms with E-state index in [4.69, 9.17) is 4.74 Å². The summed E-state index contributed by atoms with van der Waals surface area (Å²) in [4.78, 5) is 33.3. The summed E-state index contributed by atoms with van der Waals surface area (Å²) in [6.45, 7) is 3.07. The topological polar surface area (TPSA) is 86.3 Å². The van der Waals surface area contributed by atoms with Crippen molar-refractivity contribution in [1.29, 1.82) is 0 Å². The lowest BCUT2D eigenvalue weighted by Gasteiger charge is -2.43. The first kappa shape index (κ1) is 23.1. The van der Waals surface area contributed by atoms with Crippen LogP contribution in [0, 0.1) is 5.92 Å². The van der Waals surface area contributed by atoms with Crippen LogP contribution >= 0.6 is 0 Å². The lowest BCUT2D eigenvalue weighted by atomic mass is 9.78. The van der Waals surface area contributed by atoms with E-state index < -0.39 is 0 Å². The molecule has 1 saturated carbocycles. The molecular formula is C26H37N5O3. The predicted molar refractivity (Wildman–Crippen MR) is 131 cm³/mol. The second kappa shape index (κ2) is 9.94. The molecule has 1 aliphatic carbocycles. The van der Waals surface area contributed by atoms with Crippen molar-refractivity contribution in [3.8, 4) is 5.75 Å². The molecule has 8 nitrogen and oxygen atoms in total. The number of amides is 2. The molecule has 184 valence electrons. The van der Waals surface area contributed by atoms with Gasteiger partial charge < -0.3 is 14.5 Å². The molecule has 5 rings (SSSR count). The highest BCUT2D eigenvalue weighted by atomic mass is 16.5. The maximum Gasteiger partial charge on any atom is 0.246 e. The third kappa shape index (κ3) is 4.78. The van der Waals surface area contributed by atoms with Crippen LogP contribution in [0.4, 0.5) is 5.69 Å². The Hall–Kier alpha value is -2.61. The van der Waals surface area contributed by atoms with Gasteiger partial charge in [0.2, 0.25) is 17.8 Å². The molecule has 2 amide bonds. The molecule has 3 fully saturated rings. The minimum absolute atomic E-state index is 0.0328. The van der Waals surface area contributed by atoms with Crippen molar-refractivity contribution in [2.75, 3.05) is 13.6 Å². The largest absolute Gasteiger partial charge is 0.488 e. The van der Waals surface area contributed by atoms with Gasteiger partial charge in [0.25, 0.3) is 0 Å². The summed E-state index contributed by atoms with van der Waals surface area (Å²) in [6.07, 6.45) is 9.51. The number of hydrogen-bond acceptors (Lipinski definition) is 6. The zero-order valence-electron chi connectivity index (χ0n) is 20.4. The van der Waals surface area contributed by atoms with Crippen LogP contribution in [0.1, 0.15) is 70.3 Å². The summed E-state index contributed by atoms with van der Waals surface area (Å²) < 4.78 is 6.36. The Bertz CT molecular complexity index is 964. The summed E-state index contributed by atoms with van der Waals surface area (Å²) >= 11 is 0. The molecule has 3 heterocycles. The number of para-hydroxylation sites is 1. The first-order valence-corrected chi connectivity index (χ1v) is 13.0. The van der Waals surface area contributed by atoms with Crippen molar-refractivity contribution < 1.29 is 14.3 Å². The van der Waals surface area contributed by atoms with Crippen LogP contribution in [0.2, 0.25) is 0 Å². The van der Waals surface area contributed by atoms with Crippen molar-refractivity contribution in [3.05, 3.63) is 23.8 Å². The van der Waals surface area contributed by atoms with Gasteiger partial charge in [0.1, 0.15) is 18.0 Å². The number of hydrogen-bond donors (Lipinski definition) is 2. The minimum Gasteiger partial charge on any atom is -0.488 e. The third-order valence-electron chi connectivity index (χ3n) is 7.96. The van der Waals surface area contributed by atoms with E-state index in [0.717, 1.165) is 35.8 Å². The van der Waals surface area contributed by atoms with E-state index in [9.17, 15) is 9.59 Å². The summed E-state index contributed by atoms with van der Waals surface area (Å²) in [7, 11) is 1.94. The van der Waals surface area contributed by atoms with Crippen LogP contribution in [0.25, 0.3) is 0 Å². The van der Waals surface area contributed by atoms with Crippen LogP contribution < -0.4 is 15.4 Å². The van der Waals surface area contributed by atoms with E-state index in [0.29, 0.717) is 37.9 Å². The maximum absolute atomic E-state index is 13.0. The fourth-order valence-corrected chi connectivity index (χ4v) is 5.89. The number of rotatable bonds is 7. The van der Waals surface area contributed by atoms with Gasteiger partial charge >= 0.3 is 0 Å².